The third kappa shape index (κ3) is 1.83. The molecule has 0 aliphatic carbocycles. The van der Waals surface area contributed by atoms with Gasteiger partial charge in [0.25, 0.3) is 0 Å². The van der Waals surface area contributed by atoms with E-state index in [4.69, 9.17) is 7.85 Å². The van der Waals surface area contributed by atoms with Gasteiger partial charge in [0.15, 0.2) is 0 Å². The summed E-state index contributed by atoms with van der Waals surface area (Å²) in [5.74, 6) is 0. The van der Waals surface area contributed by atoms with Gasteiger partial charge in [0.2, 0.25) is 0 Å². The van der Waals surface area contributed by atoms with Crippen molar-refractivity contribution in [3.8, 4) is 5.69 Å². The van der Waals surface area contributed by atoms with Gasteiger partial charge in [-0.2, -0.15) is 0 Å². The van der Waals surface area contributed by atoms with Crippen LogP contribution in [0.1, 0.15) is 0 Å². The van der Waals surface area contributed by atoms with Gasteiger partial charge in [0.1, 0.15) is 7.85 Å². The molecule has 5 rings (SSSR count). The third-order valence-corrected chi connectivity index (χ3v) is 4.69. The highest BCUT2D eigenvalue weighted by molar-refractivity contribution is 6.34. The van der Waals surface area contributed by atoms with E-state index in [1.165, 1.54) is 38.3 Å². The predicted octanol–water partition coefficient (Wildman–Crippen LogP) is 4.73. The second kappa shape index (κ2) is 5.00. The molecule has 0 atom stereocenters. The maximum atomic E-state index is 5.97. The van der Waals surface area contributed by atoms with Gasteiger partial charge in [-0.1, -0.05) is 66.1 Å². The fourth-order valence-corrected chi connectivity index (χ4v) is 3.67. The SMILES string of the molecule is [B]c1ccc2c(ccc3c2c2ccccc2n3-c2ccccc2)c1. The fourth-order valence-electron chi connectivity index (χ4n) is 3.67. The Labute approximate surface area is 141 Å². The Hall–Kier alpha value is -3.00. The number of fused-ring (bicyclic) bond motifs is 5. The molecular formula is C22H14BN. The number of hydrogen-bond acceptors (Lipinski definition) is 0. The molecule has 0 amide bonds. The number of hydrogen-bond donors (Lipinski definition) is 0. The van der Waals surface area contributed by atoms with Gasteiger partial charge >= 0.3 is 0 Å². The van der Waals surface area contributed by atoms with Gasteiger partial charge in [0.05, 0.1) is 11.0 Å². The van der Waals surface area contributed by atoms with Gasteiger partial charge < -0.3 is 4.57 Å². The highest BCUT2D eigenvalue weighted by atomic mass is 15.0. The minimum Gasteiger partial charge on any atom is -0.309 e. The Balaban J connectivity index is 2.04. The Morgan fingerprint density at radius 3 is 2.29 bits per heavy atom. The molecule has 0 unspecified atom stereocenters. The maximum absolute atomic E-state index is 5.97. The van der Waals surface area contributed by atoms with Crippen molar-refractivity contribution in [1.82, 2.24) is 4.57 Å². The molecule has 110 valence electrons. The van der Waals surface area contributed by atoms with E-state index < -0.39 is 0 Å². The topological polar surface area (TPSA) is 4.93 Å². The van der Waals surface area contributed by atoms with Crippen molar-refractivity contribution in [2.75, 3.05) is 0 Å². The van der Waals surface area contributed by atoms with Crippen molar-refractivity contribution in [2.45, 2.75) is 0 Å². The lowest BCUT2D eigenvalue weighted by atomic mass is 9.92. The smallest absolute Gasteiger partial charge is 0.113 e. The van der Waals surface area contributed by atoms with Crippen LogP contribution in [-0.4, -0.2) is 12.4 Å². The summed E-state index contributed by atoms with van der Waals surface area (Å²) >= 11 is 0. The average molecular weight is 303 g/mol. The zero-order valence-corrected chi connectivity index (χ0v) is 13.1. The molecule has 0 spiro atoms. The second-order valence-electron chi connectivity index (χ2n) is 6.13. The van der Waals surface area contributed by atoms with Crippen LogP contribution in [0.15, 0.2) is 84.9 Å². The van der Waals surface area contributed by atoms with Gasteiger partial charge in [-0.15, -0.1) is 0 Å². The fraction of sp³-hybridized carbons (Fsp3) is 0. The van der Waals surface area contributed by atoms with E-state index in [-0.39, 0.29) is 0 Å². The monoisotopic (exact) mass is 303 g/mol. The quantitative estimate of drug-likeness (QED) is 0.394. The number of benzene rings is 4. The van der Waals surface area contributed by atoms with Crippen LogP contribution in [0.2, 0.25) is 0 Å². The Bertz CT molecular complexity index is 1200. The highest BCUT2D eigenvalue weighted by Crippen LogP contribution is 2.36. The molecule has 1 nitrogen and oxygen atoms in total. The molecule has 1 aromatic heterocycles. The summed E-state index contributed by atoms with van der Waals surface area (Å²) in [5, 5.41) is 4.98. The first-order chi connectivity index (χ1) is 11.8. The highest BCUT2D eigenvalue weighted by Gasteiger charge is 2.13. The Morgan fingerprint density at radius 1 is 0.625 bits per heavy atom. The summed E-state index contributed by atoms with van der Waals surface area (Å²) in [6.45, 7) is 0. The van der Waals surface area contributed by atoms with Crippen molar-refractivity contribution in [1.29, 1.82) is 0 Å². The molecule has 2 radical (unpaired) electrons. The number of aromatic nitrogens is 1. The van der Waals surface area contributed by atoms with E-state index in [1.54, 1.807) is 0 Å². The van der Waals surface area contributed by atoms with Crippen LogP contribution in [0.5, 0.6) is 0 Å². The van der Waals surface area contributed by atoms with E-state index in [0.717, 1.165) is 5.46 Å². The van der Waals surface area contributed by atoms with Crippen molar-refractivity contribution < 1.29 is 0 Å². The minimum atomic E-state index is 0.800. The van der Waals surface area contributed by atoms with Gasteiger partial charge in [0, 0.05) is 16.5 Å². The van der Waals surface area contributed by atoms with Crippen LogP contribution < -0.4 is 5.46 Å². The summed E-state index contributed by atoms with van der Waals surface area (Å²) in [6, 6.07) is 29.6. The zero-order valence-electron chi connectivity index (χ0n) is 13.1. The van der Waals surface area contributed by atoms with Crippen molar-refractivity contribution >= 4 is 45.9 Å². The van der Waals surface area contributed by atoms with E-state index in [2.05, 4.69) is 77.4 Å². The van der Waals surface area contributed by atoms with Crippen LogP contribution >= 0.6 is 0 Å². The van der Waals surface area contributed by atoms with Crippen LogP contribution in [0, 0.1) is 0 Å². The lowest BCUT2D eigenvalue weighted by Gasteiger charge is -2.08. The van der Waals surface area contributed by atoms with Crippen LogP contribution in [-0.2, 0) is 0 Å². The lowest BCUT2D eigenvalue weighted by Crippen LogP contribution is -1.99. The second-order valence-corrected chi connectivity index (χ2v) is 6.13. The van der Waals surface area contributed by atoms with E-state index >= 15 is 0 Å². The molecule has 0 saturated carbocycles. The molecule has 1 heterocycles. The van der Waals surface area contributed by atoms with E-state index in [0.29, 0.717) is 0 Å². The molecule has 0 aliphatic heterocycles. The molecule has 2 heteroatoms. The Morgan fingerprint density at radius 2 is 1.42 bits per heavy atom. The molecule has 5 aromatic rings. The summed E-state index contributed by atoms with van der Waals surface area (Å²) in [6.07, 6.45) is 0. The van der Waals surface area contributed by atoms with Crippen LogP contribution in [0.3, 0.4) is 0 Å². The zero-order chi connectivity index (χ0) is 16.1. The van der Waals surface area contributed by atoms with Gasteiger partial charge in [-0.3, -0.25) is 0 Å². The largest absolute Gasteiger partial charge is 0.309 e. The summed E-state index contributed by atoms with van der Waals surface area (Å²) in [4.78, 5) is 0. The van der Waals surface area contributed by atoms with Crippen LogP contribution in [0.4, 0.5) is 0 Å². The Kier molecular flexibility index (Phi) is 2.80. The molecule has 24 heavy (non-hydrogen) atoms. The normalized spacial score (nSPS) is 11.5. The first kappa shape index (κ1) is 13.4. The molecule has 0 bridgehead atoms. The minimum absolute atomic E-state index is 0.800. The van der Waals surface area contributed by atoms with Crippen molar-refractivity contribution in [3.05, 3.63) is 84.9 Å². The molecule has 0 fully saturated rings. The summed E-state index contributed by atoms with van der Waals surface area (Å²) in [5.41, 5.74) is 4.43. The van der Waals surface area contributed by atoms with Crippen LogP contribution in [0.25, 0.3) is 38.3 Å². The molecule has 0 aliphatic rings. The molecule has 0 N–H and O–H groups in total. The maximum Gasteiger partial charge on any atom is 0.113 e. The van der Waals surface area contributed by atoms with Crippen molar-refractivity contribution in [3.63, 3.8) is 0 Å². The number of nitrogens with zero attached hydrogens (tertiary/aromatic N) is 1. The lowest BCUT2D eigenvalue weighted by molar-refractivity contribution is 1.18. The molecular weight excluding hydrogens is 289 g/mol. The first-order valence-corrected chi connectivity index (χ1v) is 8.10. The first-order valence-electron chi connectivity index (χ1n) is 8.10. The van der Waals surface area contributed by atoms with Crippen molar-refractivity contribution in [2.24, 2.45) is 0 Å². The average Bonchev–Trinajstić information content (AvgIpc) is 2.97. The number of rotatable bonds is 1. The predicted molar refractivity (Wildman–Crippen MR) is 104 cm³/mol. The van der Waals surface area contributed by atoms with E-state index in [1.807, 2.05) is 12.1 Å². The molecule has 0 saturated heterocycles. The van der Waals surface area contributed by atoms with E-state index in [9.17, 15) is 0 Å². The standard InChI is InChI=1S/C22H14BN/c23-16-11-12-18-15(14-16)10-13-21-22(18)19-8-4-5-9-20(19)24(21)17-6-2-1-3-7-17/h1-14H. The summed E-state index contributed by atoms with van der Waals surface area (Å²) in [7, 11) is 5.97. The third-order valence-electron chi connectivity index (χ3n) is 4.69. The number of para-hydroxylation sites is 2. The van der Waals surface area contributed by atoms with Gasteiger partial charge in [-0.25, -0.2) is 0 Å². The molecule has 4 aromatic carbocycles. The van der Waals surface area contributed by atoms with Gasteiger partial charge in [-0.05, 0) is 35.0 Å². The summed E-state index contributed by atoms with van der Waals surface area (Å²) < 4.78 is 2.33.